The molecule has 4 nitrogen and oxygen atoms in total. The van der Waals surface area contributed by atoms with Crippen molar-refractivity contribution >= 4 is 0 Å². The Morgan fingerprint density at radius 2 is 2.29 bits per heavy atom. The molecule has 0 amide bonds. The summed E-state index contributed by atoms with van der Waals surface area (Å²) in [4.78, 5) is 2.48. The van der Waals surface area contributed by atoms with E-state index in [2.05, 4.69) is 17.0 Å². The summed E-state index contributed by atoms with van der Waals surface area (Å²) in [5.74, 6) is 1.58. The van der Waals surface area contributed by atoms with Crippen LogP contribution in [-0.2, 0) is 6.54 Å². The van der Waals surface area contributed by atoms with E-state index >= 15 is 0 Å². The average molecular weight is 237 g/mol. The summed E-state index contributed by atoms with van der Waals surface area (Å²) in [7, 11) is 0. The van der Waals surface area contributed by atoms with Crippen LogP contribution < -0.4 is 5.73 Å². The van der Waals surface area contributed by atoms with Crippen molar-refractivity contribution < 1.29 is 4.52 Å². The van der Waals surface area contributed by atoms with Crippen LogP contribution in [-0.4, -0.2) is 29.2 Å². The summed E-state index contributed by atoms with van der Waals surface area (Å²) in [6, 6.07) is 0.294. The fourth-order valence-corrected chi connectivity index (χ4v) is 2.62. The zero-order chi connectivity index (χ0) is 12.4. The molecule has 1 aliphatic rings. The molecule has 0 spiro atoms. The molecule has 1 saturated heterocycles. The Hall–Kier alpha value is -0.870. The fourth-order valence-electron chi connectivity index (χ4n) is 2.62. The standard InChI is InChI=1S/C13H23N3O/c1-9(14)12-5-4-6-16(7-12)8-13-10(2)15-17-11(13)3/h9,12H,4-8,14H2,1-3H3. The third-order valence-corrected chi connectivity index (χ3v) is 3.85. The molecule has 2 unspecified atom stereocenters. The number of nitrogens with two attached hydrogens (primary N) is 1. The second-order valence-corrected chi connectivity index (χ2v) is 5.30. The first kappa shape index (κ1) is 12.6. The van der Waals surface area contributed by atoms with Crippen LogP contribution in [0.3, 0.4) is 0 Å². The van der Waals surface area contributed by atoms with Gasteiger partial charge in [0.1, 0.15) is 5.76 Å². The van der Waals surface area contributed by atoms with Crippen LogP contribution in [0.25, 0.3) is 0 Å². The smallest absolute Gasteiger partial charge is 0.138 e. The molecule has 0 aliphatic carbocycles. The second kappa shape index (κ2) is 5.19. The molecule has 2 heterocycles. The zero-order valence-corrected chi connectivity index (χ0v) is 11.1. The van der Waals surface area contributed by atoms with Gasteiger partial charge in [0, 0.05) is 24.7 Å². The number of piperidine rings is 1. The molecule has 0 saturated carbocycles. The predicted octanol–water partition coefficient (Wildman–Crippen LogP) is 1.85. The highest BCUT2D eigenvalue weighted by Crippen LogP contribution is 2.22. The Balaban J connectivity index is 1.99. The highest BCUT2D eigenvalue weighted by molar-refractivity contribution is 5.20. The van der Waals surface area contributed by atoms with Crippen molar-refractivity contribution in [2.24, 2.45) is 11.7 Å². The van der Waals surface area contributed by atoms with Gasteiger partial charge in [0.25, 0.3) is 0 Å². The van der Waals surface area contributed by atoms with Gasteiger partial charge >= 0.3 is 0 Å². The molecular formula is C13H23N3O. The summed E-state index contributed by atoms with van der Waals surface area (Å²) < 4.78 is 5.21. The predicted molar refractivity (Wildman–Crippen MR) is 67.6 cm³/mol. The minimum Gasteiger partial charge on any atom is -0.361 e. The van der Waals surface area contributed by atoms with Crippen LogP contribution >= 0.6 is 0 Å². The van der Waals surface area contributed by atoms with E-state index in [1.54, 1.807) is 0 Å². The van der Waals surface area contributed by atoms with Crippen molar-refractivity contribution in [3.63, 3.8) is 0 Å². The monoisotopic (exact) mass is 237 g/mol. The van der Waals surface area contributed by atoms with Crippen molar-refractivity contribution in [3.05, 3.63) is 17.0 Å². The third kappa shape index (κ3) is 2.87. The molecule has 0 aromatic carbocycles. The number of rotatable bonds is 3. The van der Waals surface area contributed by atoms with Crippen LogP contribution in [0.2, 0.25) is 0 Å². The Morgan fingerprint density at radius 1 is 1.53 bits per heavy atom. The van der Waals surface area contributed by atoms with Gasteiger partial charge in [-0.15, -0.1) is 0 Å². The summed E-state index contributed by atoms with van der Waals surface area (Å²) >= 11 is 0. The molecule has 1 aromatic heterocycles. The molecule has 0 bridgehead atoms. The van der Waals surface area contributed by atoms with E-state index in [1.165, 1.54) is 18.4 Å². The van der Waals surface area contributed by atoms with Crippen molar-refractivity contribution in [1.82, 2.24) is 10.1 Å². The molecule has 1 fully saturated rings. The van der Waals surface area contributed by atoms with Gasteiger partial charge in [-0.05, 0) is 46.1 Å². The first-order valence-corrected chi connectivity index (χ1v) is 6.47. The molecule has 4 heteroatoms. The van der Waals surface area contributed by atoms with Gasteiger partial charge in [-0.2, -0.15) is 0 Å². The van der Waals surface area contributed by atoms with Gasteiger partial charge < -0.3 is 10.3 Å². The number of nitrogens with zero attached hydrogens (tertiary/aromatic N) is 2. The van der Waals surface area contributed by atoms with E-state index in [9.17, 15) is 0 Å². The van der Waals surface area contributed by atoms with Gasteiger partial charge in [-0.3, -0.25) is 4.90 Å². The van der Waals surface area contributed by atoms with Gasteiger partial charge in [0.15, 0.2) is 0 Å². The van der Waals surface area contributed by atoms with Crippen LogP contribution in [0.15, 0.2) is 4.52 Å². The Kier molecular flexibility index (Phi) is 3.84. The molecule has 2 rings (SSSR count). The van der Waals surface area contributed by atoms with Crippen LogP contribution in [0.4, 0.5) is 0 Å². The Morgan fingerprint density at radius 3 is 2.88 bits per heavy atom. The highest BCUT2D eigenvalue weighted by Gasteiger charge is 2.24. The van der Waals surface area contributed by atoms with Gasteiger partial charge in [0.2, 0.25) is 0 Å². The van der Waals surface area contributed by atoms with E-state index in [4.69, 9.17) is 10.3 Å². The third-order valence-electron chi connectivity index (χ3n) is 3.85. The molecule has 96 valence electrons. The van der Waals surface area contributed by atoms with Crippen molar-refractivity contribution in [2.45, 2.75) is 46.2 Å². The molecule has 0 radical (unpaired) electrons. The van der Waals surface area contributed by atoms with Crippen molar-refractivity contribution in [3.8, 4) is 0 Å². The van der Waals surface area contributed by atoms with Gasteiger partial charge in [-0.25, -0.2) is 0 Å². The van der Waals surface area contributed by atoms with E-state index in [-0.39, 0.29) is 0 Å². The average Bonchev–Trinajstić information content (AvgIpc) is 2.61. The Labute approximate surface area is 103 Å². The number of aromatic nitrogens is 1. The first-order chi connectivity index (χ1) is 8.08. The maximum Gasteiger partial charge on any atom is 0.138 e. The maximum atomic E-state index is 6.01. The van der Waals surface area contributed by atoms with Crippen LogP contribution in [0, 0.1) is 19.8 Å². The zero-order valence-electron chi connectivity index (χ0n) is 11.1. The van der Waals surface area contributed by atoms with E-state index < -0.39 is 0 Å². The molecular weight excluding hydrogens is 214 g/mol. The van der Waals surface area contributed by atoms with Crippen LogP contribution in [0.5, 0.6) is 0 Å². The van der Waals surface area contributed by atoms with E-state index in [0.717, 1.165) is 31.1 Å². The minimum absolute atomic E-state index is 0.294. The van der Waals surface area contributed by atoms with Crippen molar-refractivity contribution in [2.75, 3.05) is 13.1 Å². The SMILES string of the molecule is Cc1noc(C)c1CN1CCCC(C(C)N)C1. The molecule has 2 N–H and O–H groups in total. The topological polar surface area (TPSA) is 55.3 Å². The maximum absolute atomic E-state index is 6.01. The second-order valence-electron chi connectivity index (χ2n) is 5.30. The quantitative estimate of drug-likeness (QED) is 0.871. The lowest BCUT2D eigenvalue weighted by atomic mass is 9.92. The number of likely N-dealkylation sites (tertiary alicyclic amines) is 1. The summed E-state index contributed by atoms with van der Waals surface area (Å²) in [5, 5.41) is 4.01. The largest absolute Gasteiger partial charge is 0.361 e. The number of aryl methyl sites for hydroxylation is 2. The fraction of sp³-hybridized carbons (Fsp3) is 0.769. The lowest BCUT2D eigenvalue weighted by Crippen LogP contribution is -2.42. The number of hydrogen-bond donors (Lipinski definition) is 1. The summed E-state index contributed by atoms with van der Waals surface area (Å²) in [6.07, 6.45) is 2.51. The number of hydrogen-bond acceptors (Lipinski definition) is 4. The van der Waals surface area contributed by atoms with E-state index in [0.29, 0.717) is 12.0 Å². The van der Waals surface area contributed by atoms with E-state index in [1.807, 2.05) is 13.8 Å². The summed E-state index contributed by atoms with van der Waals surface area (Å²) in [5.41, 5.74) is 8.27. The Bertz CT molecular complexity index is 353. The highest BCUT2D eigenvalue weighted by atomic mass is 16.5. The summed E-state index contributed by atoms with van der Waals surface area (Å²) in [6.45, 7) is 9.32. The van der Waals surface area contributed by atoms with Crippen molar-refractivity contribution in [1.29, 1.82) is 0 Å². The van der Waals surface area contributed by atoms with Crippen LogP contribution in [0.1, 0.15) is 36.8 Å². The lowest BCUT2D eigenvalue weighted by molar-refractivity contribution is 0.153. The first-order valence-electron chi connectivity index (χ1n) is 6.47. The lowest BCUT2D eigenvalue weighted by Gasteiger charge is -2.34. The normalized spacial score (nSPS) is 23.9. The van der Waals surface area contributed by atoms with Gasteiger partial charge in [0.05, 0.1) is 5.69 Å². The molecule has 1 aromatic rings. The molecule has 1 aliphatic heterocycles. The minimum atomic E-state index is 0.294. The molecule has 17 heavy (non-hydrogen) atoms. The molecule has 2 atom stereocenters. The van der Waals surface area contributed by atoms with Gasteiger partial charge in [-0.1, -0.05) is 5.16 Å².